The number of carbonyl (C=O) groups is 1. The normalized spacial score (nSPS) is 12.3. The summed E-state index contributed by atoms with van der Waals surface area (Å²) >= 11 is 0. The lowest BCUT2D eigenvalue weighted by molar-refractivity contribution is -0.141. The van der Waals surface area contributed by atoms with E-state index in [0.29, 0.717) is 30.4 Å². The highest BCUT2D eigenvalue weighted by atomic mass is 16.5. The molecule has 2 heterocycles. The number of carbonyl (C=O) groups excluding carboxylic acids is 1. The number of oxazole rings is 1. The third kappa shape index (κ3) is 3.49. The molecular weight excluding hydrogens is 276 g/mol. The van der Waals surface area contributed by atoms with E-state index in [2.05, 4.69) is 10.1 Å². The SMILES string of the molecule is COCCC(CC(=O)OC)c1noc(-c2ncco2)c1C. The molecule has 114 valence electrons. The molecule has 0 fully saturated rings. The first-order chi connectivity index (χ1) is 10.2. The van der Waals surface area contributed by atoms with Crippen molar-refractivity contribution in [1.29, 1.82) is 0 Å². The van der Waals surface area contributed by atoms with Crippen molar-refractivity contribution in [3.63, 3.8) is 0 Å². The summed E-state index contributed by atoms with van der Waals surface area (Å²) in [5, 5.41) is 4.07. The molecule has 0 saturated carbocycles. The van der Waals surface area contributed by atoms with Crippen LogP contribution in [0.3, 0.4) is 0 Å². The van der Waals surface area contributed by atoms with Crippen LogP contribution in [0, 0.1) is 6.92 Å². The minimum atomic E-state index is -0.295. The third-order valence-electron chi connectivity index (χ3n) is 3.28. The Morgan fingerprint density at radius 3 is 2.86 bits per heavy atom. The van der Waals surface area contributed by atoms with Crippen molar-refractivity contribution in [2.75, 3.05) is 20.8 Å². The Labute approximate surface area is 122 Å². The molecule has 7 nitrogen and oxygen atoms in total. The summed E-state index contributed by atoms with van der Waals surface area (Å²) in [7, 11) is 2.98. The lowest BCUT2D eigenvalue weighted by Crippen LogP contribution is -2.12. The van der Waals surface area contributed by atoms with Crippen LogP contribution in [-0.2, 0) is 14.3 Å². The molecule has 0 N–H and O–H groups in total. The van der Waals surface area contributed by atoms with Gasteiger partial charge < -0.3 is 18.4 Å². The van der Waals surface area contributed by atoms with E-state index in [0.717, 1.165) is 5.56 Å². The Hall–Kier alpha value is -2.15. The molecule has 0 amide bonds. The summed E-state index contributed by atoms with van der Waals surface area (Å²) in [5.74, 6) is 0.415. The van der Waals surface area contributed by atoms with Gasteiger partial charge in [-0.05, 0) is 13.3 Å². The molecule has 0 aliphatic carbocycles. The molecule has 0 bridgehead atoms. The van der Waals surface area contributed by atoms with Gasteiger partial charge in [0.15, 0.2) is 0 Å². The first-order valence-corrected chi connectivity index (χ1v) is 6.59. The molecule has 7 heteroatoms. The van der Waals surface area contributed by atoms with E-state index in [1.54, 1.807) is 7.11 Å². The van der Waals surface area contributed by atoms with Gasteiger partial charge >= 0.3 is 5.97 Å². The van der Waals surface area contributed by atoms with Crippen molar-refractivity contribution in [3.8, 4) is 11.7 Å². The van der Waals surface area contributed by atoms with E-state index in [1.807, 2.05) is 6.92 Å². The summed E-state index contributed by atoms with van der Waals surface area (Å²) in [6, 6.07) is 0. The lowest BCUT2D eigenvalue weighted by atomic mass is 9.94. The first kappa shape index (κ1) is 15.2. The van der Waals surface area contributed by atoms with Crippen LogP contribution in [0.1, 0.15) is 30.0 Å². The first-order valence-electron chi connectivity index (χ1n) is 6.59. The molecule has 2 aromatic heterocycles. The van der Waals surface area contributed by atoms with E-state index in [4.69, 9.17) is 18.4 Å². The number of esters is 1. The van der Waals surface area contributed by atoms with Crippen LogP contribution in [0.25, 0.3) is 11.7 Å². The minimum absolute atomic E-state index is 0.134. The van der Waals surface area contributed by atoms with Crippen LogP contribution < -0.4 is 0 Å². The van der Waals surface area contributed by atoms with Crippen molar-refractivity contribution in [2.24, 2.45) is 0 Å². The number of rotatable bonds is 7. The maximum Gasteiger partial charge on any atom is 0.306 e. The Kier molecular flexibility index (Phi) is 5.10. The Bertz CT molecular complexity index is 576. The summed E-state index contributed by atoms with van der Waals surface area (Å²) < 4.78 is 20.4. The van der Waals surface area contributed by atoms with E-state index in [1.165, 1.54) is 19.6 Å². The predicted octanol–water partition coefficient (Wildman–Crippen LogP) is 2.32. The van der Waals surface area contributed by atoms with Crippen molar-refractivity contribution in [3.05, 3.63) is 23.7 Å². The van der Waals surface area contributed by atoms with Crippen molar-refractivity contribution in [2.45, 2.75) is 25.7 Å². The zero-order valence-corrected chi connectivity index (χ0v) is 12.3. The fourth-order valence-corrected chi connectivity index (χ4v) is 2.14. The monoisotopic (exact) mass is 294 g/mol. The maximum absolute atomic E-state index is 11.6. The zero-order chi connectivity index (χ0) is 15.2. The van der Waals surface area contributed by atoms with Gasteiger partial charge in [-0.3, -0.25) is 4.79 Å². The number of hydrogen-bond donors (Lipinski definition) is 0. The van der Waals surface area contributed by atoms with E-state index in [9.17, 15) is 4.79 Å². The molecule has 2 rings (SSSR count). The van der Waals surface area contributed by atoms with Gasteiger partial charge in [-0.25, -0.2) is 4.98 Å². The zero-order valence-electron chi connectivity index (χ0n) is 12.3. The number of ether oxygens (including phenoxy) is 2. The largest absolute Gasteiger partial charge is 0.469 e. The summed E-state index contributed by atoms with van der Waals surface area (Å²) in [6.45, 7) is 2.38. The topological polar surface area (TPSA) is 87.6 Å². The Morgan fingerprint density at radius 2 is 2.24 bits per heavy atom. The fourth-order valence-electron chi connectivity index (χ4n) is 2.14. The molecule has 0 aromatic carbocycles. The number of hydrogen-bond acceptors (Lipinski definition) is 7. The molecule has 0 aliphatic rings. The second-order valence-corrected chi connectivity index (χ2v) is 4.62. The van der Waals surface area contributed by atoms with Gasteiger partial charge in [0.1, 0.15) is 6.26 Å². The molecule has 21 heavy (non-hydrogen) atoms. The van der Waals surface area contributed by atoms with Crippen LogP contribution in [-0.4, -0.2) is 36.9 Å². The smallest absolute Gasteiger partial charge is 0.306 e. The highest BCUT2D eigenvalue weighted by Gasteiger charge is 2.25. The van der Waals surface area contributed by atoms with Crippen LogP contribution in [0.2, 0.25) is 0 Å². The molecule has 0 spiro atoms. The number of nitrogens with zero attached hydrogens (tertiary/aromatic N) is 2. The van der Waals surface area contributed by atoms with E-state index >= 15 is 0 Å². The molecular formula is C14H18N2O5. The van der Waals surface area contributed by atoms with Crippen LogP contribution >= 0.6 is 0 Å². The average molecular weight is 294 g/mol. The molecule has 0 saturated heterocycles. The van der Waals surface area contributed by atoms with Crippen LogP contribution in [0.15, 0.2) is 21.4 Å². The quantitative estimate of drug-likeness (QED) is 0.724. The molecule has 2 aromatic rings. The van der Waals surface area contributed by atoms with Crippen molar-refractivity contribution >= 4 is 5.97 Å². The molecule has 0 aliphatic heterocycles. The number of methoxy groups -OCH3 is 2. The molecule has 1 unspecified atom stereocenters. The average Bonchev–Trinajstić information content (AvgIpc) is 3.12. The second-order valence-electron chi connectivity index (χ2n) is 4.62. The summed E-state index contributed by atoms with van der Waals surface area (Å²) in [5.41, 5.74) is 1.51. The van der Waals surface area contributed by atoms with Gasteiger partial charge in [0.25, 0.3) is 5.89 Å². The minimum Gasteiger partial charge on any atom is -0.469 e. The van der Waals surface area contributed by atoms with Gasteiger partial charge in [-0.2, -0.15) is 0 Å². The fraction of sp³-hybridized carbons (Fsp3) is 0.500. The van der Waals surface area contributed by atoms with Crippen LogP contribution in [0.4, 0.5) is 0 Å². The van der Waals surface area contributed by atoms with Crippen LogP contribution in [0.5, 0.6) is 0 Å². The Morgan fingerprint density at radius 1 is 1.43 bits per heavy atom. The predicted molar refractivity (Wildman–Crippen MR) is 72.6 cm³/mol. The van der Waals surface area contributed by atoms with Crippen molar-refractivity contribution in [1.82, 2.24) is 10.1 Å². The highest BCUT2D eigenvalue weighted by molar-refractivity contribution is 5.70. The third-order valence-corrected chi connectivity index (χ3v) is 3.28. The lowest BCUT2D eigenvalue weighted by Gasteiger charge is -2.13. The Balaban J connectivity index is 2.25. The summed E-state index contributed by atoms with van der Waals surface area (Å²) in [6.07, 6.45) is 3.86. The standard InChI is InChI=1S/C14H18N2O5/c1-9-12(10(4-6-18-2)8-11(17)19-3)16-21-13(9)14-15-5-7-20-14/h5,7,10H,4,6,8H2,1-3H3. The molecule has 1 atom stereocenters. The highest BCUT2D eigenvalue weighted by Crippen LogP contribution is 2.32. The maximum atomic E-state index is 11.6. The van der Waals surface area contributed by atoms with E-state index < -0.39 is 0 Å². The second kappa shape index (κ2) is 7.03. The van der Waals surface area contributed by atoms with Gasteiger partial charge in [0.05, 0.1) is 25.4 Å². The van der Waals surface area contributed by atoms with Gasteiger partial charge in [0.2, 0.25) is 5.76 Å². The number of aromatic nitrogens is 2. The van der Waals surface area contributed by atoms with Crippen molar-refractivity contribution < 1.29 is 23.2 Å². The van der Waals surface area contributed by atoms with Gasteiger partial charge in [0, 0.05) is 25.2 Å². The summed E-state index contributed by atoms with van der Waals surface area (Å²) in [4.78, 5) is 15.6. The van der Waals surface area contributed by atoms with E-state index in [-0.39, 0.29) is 18.3 Å². The molecule has 0 radical (unpaired) electrons. The van der Waals surface area contributed by atoms with Gasteiger partial charge in [-0.15, -0.1) is 0 Å². The van der Waals surface area contributed by atoms with Gasteiger partial charge in [-0.1, -0.05) is 5.16 Å².